The minimum absolute atomic E-state index is 0.103. The van der Waals surface area contributed by atoms with Crippen LogP contribution in [-0.4, -0.2) is 35.8 Å². The van der Waals surface area contributed by atoms with Crippen molar-refractivity contribution in [3.63, 3.8) is 0 Å². The first-order valence-corrected chi connectivity index (χ1v) is 8.12. The van der Waals surface area contributed by atoms with Crippen molar-refractivity contribution in [2.24, 2.45) is 0 Å². The van der Waals surface area contributed by atoms with E-state index in [2.05, 4.69) is 10.6 Å². The Bertz CT molecular complexity index is 582. The van der Waals surface area contributed by atoms with Crippen LogP contribution in [0.5, 0.6) is 0 Å². The summed E-state index contributed by atoms with van der Waals surface area (Å²) in [6, 6.07) is 7.06. The van der Waals surface area contributed by atoms with E-state index in [-0.39, 0.29) is 5.75 Å². The molecule has 1 rings (SSSR count). The molecule has 0 saturated carbocycles. The molecule has 0 aromatic heterocycles. The summed E-state index contributed by atoms with van der Waals surface area (Å²) in [4.78, 5) is 35.6. The fourth-order valence-electron chi connectivity index (χ4n) is 1.58. The fraction of sp³-hybridized carbons (Fsp3) is 0.438. The maximum atomic E-state index is 11.6. The fourth-order valence-corrected chi connectivity index (χ4v) is 2.40. The number of imide groups is 1. The van der Waals surface area contributed by atoms with Gasteiger partial charge in [-0.25, -0.2) is 4.79 Å². The molecule has 0 aliphatic rings. The highest BCUT2D eigenvalue weighted by atomic mass is 32.2. The SMILES string of the molecule is Cc1ccccc1SCC(=O)OCC(=O)NC(=O)NC(C)(C)C. The first-order valence-electron chi connectivity index (χ1n) is 7.13. The summed E-state index contributed by atoms with van der Waals surface area (Å²) in [5, 5.41) is 4.68. The Morgan fingerprint density at radius 3 is 2.43 bits per heavy atom. The van der Waals surface area contributed by atoms with Gasteiger partial charge in [0.2, 0.25) is 0 Å². The van der Waals surface area contributed by atoms with Gasteiger partial charge in [0.05, 0.1) is 5.75 Å². The molecular weight excluding hydrogens is 316 g/mol. The van der Waals surface area contributed by atoms with Crippen molar-refractivity contribution in [3.05, 3.63) is 29.8 Å². The van der Waals surface area contributed by atoms with Crippen LogP contribution in [0.15, 0.2) is 29.2 Å². The molecule has 0 bridgehead atoms. The van der Waals surface area contributed by atoms with Gasteiger partial charge in [-0.3, -0.25) is 14.9 Å². The number of carbonyl (C=O) groups is 3. The quantitative estimate of drug-likeness (QED) is 0.635. The molecule has 0 unspecified atom stereocenters. The third-order valence-electron chi connectivity index (χ3n) is 2.54. The molecule has 0 aliphatic carbocycles. The van der Waals surface area contributed by atoms with Crippen molar-refractivity contribution >= 4 is 29.7 Å². The van der Waals surface area contributed by atoms with E-state index in [4.69, 9.17) is 4.74 Å². The Balaban J connectivity index is 2.29. The number of nitrogens with one attached hydrogen (secondary N) is 2. The smallest absolute Gasteiger partial charge is 0.321 e. The minimum atomic E-state index is -0.666. The number of carbonyl (C=O) groups excluding carboxylic acids is 3. The number of amides is 3. The maximum absolute atomic E-state index is 11.6. The molecule has 0 spiro atoms. The van der Waals surface area contributed by atoms with E-state index < -0.39 is 30.1 Å². The van der Waals surface area contributed by atoms with Crippen LogP contribution in [0.25, 0.3) is 0 Å². The molecule has 23 heavy (non-hydrogen) atoms. The average Bonchev–Trinajstić information content (AvgIpc) is 2.42. The summed E-state index contributed by atoms with van der Waals surface area (Å²) in [5.41, 5.74) is 0.618. The number of benzene rings is 1. The predicted octanol–water partition coefficient (Wildman–Crippen LogP) is 2.25. The number of rotatable bonds is 5. The Morgan fingerprint density at radius 2 is 1.83 bits per heavy atom. The molecule has 2 N–H and O–H groups in total. The zero-order chi connectivity index (χ0) is 17.5. The summed E-state index contributed by atoms with van der Waals surface area (Å²) < 4.78 is 4.84. The number of hydrogen-bond donors (Lipinski definition) is 2. The highest BCUT2D eigenvalue weighted by Crippen LogP contribution is 2.21. The second kappa shape index (κ2) is 8.57. The molecule has 0 fully saturated rings. The Hall–Kier alpha value is -2.02. The van der Waals surface area contributed by atoms with E-state index >= 15 is 0 Å². The summed E-state index contributed by atoms with van der Waals surface area (Å²) >= 11 is 1.34. The number of ether oxygens (including phenoxy) is 1. The lowest BCUT2D eigenvalue weighted by molar-refractivity contribution is -0.145. The van der Waals surface area contributed by atoms with Crippen LogP contribution < -0.4 is 10.6 Å². The van der Waals surface area contributed by atoms with Crippen molar-refractivity contribution in [2.75, 3.05) is 12.4 Å². The van der Waals surface area contributed by atoms with Gasteiger partial charge in [-0.05, 0) is 39.3 Å². The number of hydrogen-bond acceptors (Lipinski definition) is 5. The van der Waals surface area contributed by atoms with Crippen LogP contribution >= 0.6 is 11.8 Å². The van der Waals surface area contributed by atoms with E-state index in [1.807, 2.05) is 31.2 Å². The van der Waals surface area contributed by atoms with Crippen LogP contribution in [0.1, 0.15) is 26.3 Å². The Morgan fingerprint density at radius 1 is 1.17 bits per heavy atom. The van der Waals surface area contributed by atoms with Gasteiger partial charge in [0.15, 0.2) is 6.61 Å². The molecule has 3 amide bonds. The lowest BCUT2D eigenvalue weighted by Gasteiger charge is -2.20. The molecule has 7 heteroatoms. The van der Waals surface area contributed by atoms with E-state index in [0.717, 1.165) is 10.5 Å². The predicted molar refractivity (Wildman–Crippen MR) is 89.3 cm³/mol. The van der Waals surface area contributed by atoms with Crippen LogP contribution in [0.2, 0.25) is 0 Å². The first-order chi connectivity index (χ1) is 10.7. The van der Waals surface area contributed by atoms with Gasteiger partial charge in [-0.2, -0.15) is 0 Å². The van der Waals surface area contributed by atoms with Gasteiger partial charge in [-0.1, -0.05) is 18.2 Å². The normalized spacial score (nSPS) is 10.8. The number of esters is 1. The Labute approximate surface area is 140 Å². The first kappa shape index (κ1) is 19.0. The van der Waals surface area contributed by atoms with Crippen molar-refractivity contribution in [1.29, 1.82) is 0 Å². The van der Waals surface area contributed by atoms with Crippen molar-refractivity contribution in [2.45, 2.75) is 38.1 Å². The monoisotopic (exact) mass is 338 g/mol. The Kier molecular flexibility index (Phi) is 7.09. The largest absolute Gasteiger partial charge is 0.455 e. The van der Waals surface area contributed by atoms with E-state index in [0.29, 0.717) is 0 Å². The standard InChI is InChI=1S/C16H22N2O4S/c1-11-7-5-6-8-12(11)23-10-14(20)22-9-13(19)17-15(21)18-16(2,3)4/h5-8H,9-10H2,1-4H3,(H2,17,18,19,21). The molecule has 6 nitrogen and oxygen atoms in total. The summed E-state index contributed by atoms with van der Waals surface area (Å²) in [5.74, 6) is -1.07. The lowest BCUT2D eigenvalue weighted by atomic mass is 10.1. The van der Waals surface area contributed by atoms with Crippen LogP contribution in [-0.2, 0) is 14.3 Å². The second-order valence-corrected chi connectivity index (χ2v) is 6.98. The third-order valence-corrected chi connectivity index (χ3v) is 3.69. The van der Waals surface area contributed by atoms with Gasteiger partial charge in [0.25, 0.3) is 5.91 Å². The molecule has 0 aliphatic heterocycles. The molecular formula is C16H22N2O4S. The van der Waals surface area contributed by atoms with E-state index in [1.165, 1.54) is 11.8 Å². The molecule has 1 aromatic carbocycles. The topological polar surface area (TPSA) is 84.5 Å². The summed E-state index contributed by atoms with van der Waals surface area (Å²) in [7, 11) is 0. The van der Waals surface area contributed by atoms with Gasteiger partial charge < -0.3 is 10.1 Å². The zero-order valence-corrected chi connectivity index (χ0v) is 14.6. The zero-order valence-electron chi connectivity index (χ0n) is 13.8. The number of aryl methyl sites for hydroxylation is 1. The third kappa shape index (κ3) is 8.25. The average molecular weight is 338 g/mol. The highest BCUT2D eigenvalue weighted by Gasteiger charge is 2.16. The van der Waals surface area contributed by atoms with Crippen LogP contribution in [0, 0.1) is 6.92 Å². The molecule has 0 atom stereocenters. The highest BCUT2D eigenvalue weighted by molar-refractivity contribution is 8.00. The summed E-state index contributed by atoms with van der Waals surface area (Å²) in [6.45, 7) is 6.85. The van der Waals surface area contributed by atoms with Gasteiger partial charge in [0.1, 0.15) is 0 Å². The number of urea groups is 1. The van der Waals surface area contributed by atoms with Crippen molar-refractivity contribution < 1.29 is 19.1 Å². The molecule has 0 heterocycles. The van der Waals surface area contributed by atoms with Crippen molar-refractivity contribution in [3.8, 4) is 0 Å². The van der Waals surface area contributed by atoms with Gasteiger partial charge in [-0.15, -0.1) is 11.8 Å². The van der Waals surface area contributed by atoms with Crippen LogP contribution in [0.4, 0.5) is 4.79 Å². The molecule has 1 aromatic rings. The maximum Gasteiger partial charge on any atom is 0.321 e. The molecule has 126 valence electrons. The van der Waals surface area contributed by atoms with E-state index in [1.54, 1.807) is 20.8 Å². The van der Waals surface area contributed by atoms with E-state index in [9.17, 15) is 14.4 Å². The molecule has 0 saturated heterocycles. The van der Waals surface area contributed by atoms with Crippen molar-refractivity contribution in [1.82, 2.24) is 10.6 Å². The lowest BCUT2D eigenvalue weighted by Crippen LogP contribution is -2.49. The number of thioether (sulfide) groups is 1. The molecule has 0 radical (unpaired) electrons. The van der Waals surface area contributed by atoms with Crippen LogP contribution in [0.3, 0.4) is 0 Å². The second-order valence-electron chi connectivity index (χ2n) is 5.97. The van der Waals surface area contributed by atoms with Gasteiger partial charge >= 0.3 is 12.0 Å². The minimum Gasteiger partial charge on any atom is -0.455 e. The summed E-state index contributed by atoms with van der Waals surface area (Å²) in [6.07, 6.45) is 0. The van der Waals surface area contributed by atoms with Gasteiger partial charge in [0, 0.05) is 10.4 Å².